The minimum atomic E-state index is -1.43. The van der Waals surface area contributed by atoms with Crippen molar-refractivity contribution in [2.45, 2.75) is 269 Å². The van der Waals surface area contributed by atoms with Crippen molar-refractivity contribution in [3.05, 3.63) is 23.3 Å². The van der Waals surface area contributed by atoms with Crippen molar-refractivity contribution in [3.8, 4) is 0 Å². The predicted molar refractivity (Wildman–Crippen MR) is 274 cm³/mol. The number of carbonyl (C=O) groups excluding carboxylic acids is 2. The highest BCUT2D eigenvalue weighted by atomic mass is 16.8. The average Bonchev–Trinajstić information content (AvgIpc) is 3.85. The summed E-state index contributed by atoms with van der Waals surface area (Å²) in [7, 11) is 0. The highest BCUT2D eigenvalue weighted by Gasteiger charge is 2.71. The molecule has 0 aromatic rings. The molecule has 0 amide bonds. The lowest BCUT2D eigenvalue weighted by Gasteiger charge is -2.60. The van der Waals surface area contributed by atoms with Gasteiger partial charge in [0.25, 0.3) is 0 Å². The molecule has 0 spiro atoms. The van der Waals surface area contributed by atoms with Crippen molar-refractivity contribution >= 4 is 11.6 Å². The van der Waals surface area contributed by atoms with Gasteiger partial charge in [-0.3, -0.25) is 9.59 Å². The lowest BCUT2D eigenvalue weighted by molar-refractivity contribution is -0.186. The molecule has 0 radical (unpaired) electrons. The number of allylic oxidation sites excluding steroid dienone is 2. The minimum Gasteiger partial charge on any atom is -0.390 e. The van der Waals surface area contributed by atoms with Crippen LogP contribution < -0.4 is 0 Å². The Kier molecular flexibility index (Phi) is 14.8. The van der Waals surface area contributed by atoms with Gasteiger partial charge in [0.15, 0.2) is 17.4 Å². The SMILES string of the molecule is CC(C)(O)CC[C@@H](O)[C@](C)(O)C1CC[C@@]2(O)C3=CC(=O)C4C[C@H]5OC(C)(C)O[C@H]5CC4(C)C3CCC12C.CCO[C@H](CCC(C)(C)O)[C@](C)(O)C1CC[C@@]2(O)C3=CC(=O)C4C[C@@H](O)[C@@H](O)CC4(C)C3CCC12C. The van der Waals surface area contributed by atoms with E-state index in [0.717, 1.165) is 30.4 Å². The molecule has 8 aliphatic carbocycles. The van der Waals surface area contributed by atoms with Gasteiger partial charge >= 0.3 is 0 Å². The average molecular weight is 1030 g/mol. The first-order valence-electron chi connectivity index (χ1n) is 28.2. The molecule has 73 heavy (non-hydrogen) atoms. The van der Waals surface area contributed by atoms with Crippen molar-refractivity contribution in [3.63, 3.8) is 0 Å². The van der Waals surface area contributed by atoms with E-state index in [0.29, 0.717) is 77.2 Å². The van der Waals surface area contributed by atoms with Crippen LogP contribution in [0, 0.1) is 57.2 Å². The molecule has 10 unspecified atom stereocenters. The van der Waals surface area contributed by atoms with E-state index in [2.05, 4.69) is 6.92 Å². The molecule has 20 atom stereocenters. The van der Waals surface area contributed by atoms with Crippen LogP contribution in [0.5, 0.6) is 0 Å². The fraction of sp³-hybridized carbons (Fsp3) is 0.898. The van der Waals surface area contributed by atoms with E-state index in [9.17, 15) is 55.5 Å². The number of hydrogen-bond donors (Lipinski definition) is 9. The summed E-state index contributed by atoms with van der Waals surface area (Å²) in [4.78, 5) is 27.0. The normalized spacial score (nSPS) is 46.3. The maximum atomic E-state index is 13.6. The van der Waals surface area contributed by atoms with E-state index in [1.54, 1.807) is 46.8 Å². The van der Waals surface area contributed by atoms with Gasteiger partial charge in [-0.25, -0.2) is 0 Å². The van der Waals surface area contributed by atoms with Gasteiger partial charge in [0.05, 0.1) is 70.2 Å². The molecule has 9 aliphatic rings. The van der Waals surface area contributed by atoms with E-state index in [4.69, 9.17) is 14.2 Å². The molecule has 1 heterocycles. The fourth-order valence-corrected chi connectivity index (χ4v) is 18.0. The molecular weight excluding hydrogens is 933 g/mol. The first-order valence-corrected chi connectivity index (χ1v) is 28.2. The molecule has 9 N–H and O–H groups in total. The Labute approximate surface area is 435 Å². The molecule has 1 aliphatic heterocycles. The number of rotatable bonds is 12. The second kappa shape index (κ2) is 18.7. The molecule has 0 aromatic carbocycles. The molecule has 0 aromatic heterocycles. The summed E-state index contributed by atoms with van der Waals surface area (Å²) in [6, 6.07) is 0. The summed E-state index contributed by atoms with van der Waals surface area (Å²) in [5.74, 6) is -1.76. The highest BCUT2D eigenvalue weighted by Crippen LogP contribution is 2.71. The summed E-state index contributed by atoms with van der Waals surface area (Å²) in [5, 5.41) is 101. The summed E-state index contributed by atoms with van der Waals surface area (Å²) < 4.78 is 18.4. The first kappa shape index (κ1) is 57.5. The molecule has 9 rings (SSSR count). The molecule has 14 heteroatoms. The molecule has 7 fully saturated rings. The molecule has 1 saturated heterocycles. The summed E-state index contributed by atoms with van der Waals surface area (Å²) in [5.41, 5.74) is -7.51. The van der Waals surface area contributed by atoms with Gasteiger partial charge in [-0.05, 0) is 223 Å². The number of ether oxygens (including phenoxy) is 3. The third-order valence-electron chi connectivity index (χ3n) is 22.2. The van der Waals surface area contributed by atoms with Gasteiger partial charge in [0.2, 0.25) is 0 Å². The Morgan fingerprint density at radius 3 is 1.56 bits per heavy atom. The Bertz CT molecular complexity index is 2170. The Morgan fingerprint density at radius 1 is 0.616 bits per heavy atom. The van der Waals surface area contributed by atoms with Gasteiger partial charge in [-0.2, -0.15) is 0 Å². The van der Waals surface area contributed by atoms with Crippen LogP contribution in [0.15, 0.2) is 23.3 Å². The molecule has 416 valence electrons. The number of hydrogen-bond acceptors (Lipinski definition) is 14. The van der Waals surface area contributed by atoms with Crippen LogP contribution in [-0.2, 0) is 23.8 Å². The largest absolute Gasteiger partial charge is 0.390 e. The number of aliphatic hydroxyl groups is 9. The maximum Gasteiger partial charge on any atom is 0.163 e. The first-order chi connectivity index (χ1) is 33.4. The van der Waals surface area contributed by atoms with Crippen LogP contribution in [0.4, 0.5) is 0 Å². The van der Waals surface area contributed by atoms with E-state index in [-0.39, 0.29) is 77.5 Å². The summed E-state index contributed by atoms with van der Waals surface area (Å²) >= 11 is 0. The van der Waals surface area contributed by atoms with Crippen LogP contribution in [0.2, 0.25) is 0 Å². The number of carbonyl (C=O) groups is 2. The monoisotopic (exact) mass is 1030 g/mol. The zero-order valence-corrected chi connectivity index (χ0v) is 46.7. The van der Waals surface area contributed by atoms with Crippen LogP contribution in [0.25, 0.3) is 0 Å². The Morgan fingerprint density at radius 2 is 1.07 bits per heavy atom. The van der Waals surface area contributed by atoms with Crippen LogP contribution in [0.1, 0.15) is 193 Å². The van der Waals surface area contributed by atoms with E-state index in [1.807, 2.05) is 48.5 Å². The number of fused-ring (bicyclic) bond motifs is 11. The van der Waals surface area contributed by atoms with E-state index >= 15 is 0 Å². The van der Waals surface area contributed by atoms with Crippen molar-refractivity contribution in [1.82, 2.24) is 0 Å². The quantitative estimate of drug-likeness (QED) is 0.101. The second-order valence-corrected chi connectivity index (χ2v) is 28.4. The predicted octanol–water partition coefficient (Wildman–Crippen LogP) is 6.55. The van der Waals surface area contributed by atoms with Crippen LogP contribution in [0.3, 0.4) is 0 Å². The third-order valence-corrected chi connectivity index (χ3v) is 22.2. The Balaban J connectivity index is 0.000000195. The fourth-order valence-electron chi connectivity index (χ4n) is 18.0. The van der Waals surface area contributed by atoms with Gasteiger partial charge in [0, 0.05) is 29.3 Å². The third kappa shape index (κ3) is 9.36. The van der Waals surface area contributed by atoms with Gasteiger partial charge in [-0.1, -0.05) is 27.7 Å². The zero-order chi connectivity index (χ0) is 54.3. The Hall–Kier alpha value is -1.66. The van der Waals surface area contributed by atoms with E-state index < -0.39 is 80.1 Å². The van der Waals surface area contributed by atoms with Gasteiger partial charge < -0.3 is 60.2 Å². The van der Waals surface area contributed by atoms with E-state index in [1.165, 1.54) is 0 Å². The number of ketones is 2. The van der Waals surface area contributed by atoms with Crippen molar-refractivity contribution < 1.29 is 69.8 Å². The molecule has 6 saturated carbocycles. The summed E-state index contributed by atoms with van der Waals surface area (Å²) in [6.45, 7) is 24.9. The smallest absolute Gasteiger partial charge is 0.163 e. The maximum absolute atomic E-state index is 13.6. The highest BCUT2D eigenvalue weighted by molar-refractivity contribution is 5.95. The van der Waals surface area contributed by atoms with Crippen LogP contribution >= 0.6 is 0 Å². The summed E-state index contributed by atoms with van der Waals surface area (Å²) in [6.07, 6.45) is 8.56. The minimum absolute atomic E-state index is 0.0537. The van der Waals surface area contributed by atoms with Crippen molar-refractivity contribution in [1.29, 1.82) is 0 Å². The lowest BCUT2D eigenvalue weighted by atomic mass is 9.45. The zero-order valence-electron chi connectivity index (χ0n) is 46.7. The van der Waals surface area contributed by atoms with Gasteiger partial charge in [-0.15, -0.1) is 0 Å². The molecular formula is C59H96O14. The van der Waals surface area contributed by atoms with Crippen LogP contribution in [-0.4, -0.2) is 140 Å². The number of aliphatic hydroxyl groups excluding tert-OH is 3. The standard InChI is InChI=1S/C30H48O7.C29H48O7/c1-25(2,33)11-10-24(32)29(7,34)23-9-13-30(35)18-14-20(31)19-15-21-22(37-26(3,4)36-21)16-27(19,5)17(18)8-12-28(23,30)6;1-7-36-24(10-11-25(2,3)33)28(6,34)23-9-13-29(35)18-14-20(30)19-15-21(31)22(32)16-26(19,4)17(18)8-12-27(23,29)5/h14,17,19,21-24,32-35H,8-13,15-16H2,1-7H3;14,17,19,21-24,31-35H,7-13,15-16H2,1-6H3/t17?,19?,21-,22+,23?,24-,27?,28?,29-,30-;17?,19?,21-,22+,23?,24-,26?,27?,28-,29-/m11/s1. The topological polar surface area (TPSA) is 244 Å². The second-order valence-electron chi connectivity index (χ2n) is 28.4. The molecule has 14 nitrogen and oxygen atoms in total. The lowest BCUT2D eigenvalue weighted by Crippen LogP contribution is -2.63. The van der Waals surface area contributed by atoms with Crippen molar-refractivity contribution in [2.24, 2.45) is 57.2 Å². The molecule has 0 bridgehead atoms. The van der Waals surface area contributed by atoms with Gasteiger partial charge in [0.1, 0.15) is 0 Å². The van der Waals surface area contributed by atoms with Crippen molar-refractivity contribution in [2.75, 3.05) is 6.61 Å².